The number of carbonyl (C=O) groups is 2. The summed E-state index contributed by atoms with van der Waals surface area (Å²) in [5, 5.41) is 12.1. The highest BCUT2D eigenvalue weighted by Gasteiger charge is 2.23. The van der Waals surface area contributed by atoms with Gasteiger partial charge in [-0.15, -0.1) is 0 Å². The fourth-order valence-electron chi connectivity index (χ4n) is 2.57. The molecule has 0 unspecified atom stereocenters. The zero-order valence-electron chi connectivity index (χ0n) is 12.2. The Hall–Kier alpha value is -2.10. The summed E-state index contributed by atoms with van der Waals surface area (Å²) in [5.74, 6) is -1.54. The molecule has 21 heavy (non-hydrogen) atoms. The van der Waals surface area contributed by atoms with Crippen LogP contribution in [0.5, 0.6) is 0 Å². The van der Waals surface area contributed by atoms with E-state index in [-0.39, 0.29) is 18.4 Å². The average molecular weight is 287 g/mol. The van der Waals surface area contributed by atoms with Crippen LogP contribution in [0.2, 0.25) is 0 Å². The van der Waals surface area contributed by atoms with Crippen LogP contribution in [0.25, 0.3) is 0 Å². The maximum atomic E-state index is 11.9. The molecule has 0 heterocycles. The summed E-state index contributed by atoms with van der Waals surface area (Å²) < 4.78 is 0. The van der Waals surface area contributed by atoms with Crippen LogP contribution in [-0.2, 0) is 16.0 Å². The first-order valence-electron chi connectivity index (χ1n) is 7.27. The number of hydrogen-bond acceptors (Lipinski definition) is 2. The zero-order valence-corrected chi connectivity index (χ0v) is 12.2. The molecule has 0 radical (unpaired) electrons. The lowest BCUT2D eigenvalue weighted by atomic mass is 9.97. The molecule has 1 aliphatic rings. The first-order chi connectivity index (χ1) is 10.1. The number of hydrogen-bond donors (Lipinski definition) is 2. The molecule has 2 rings (SSSR count). The van der Waals surface area contributed by atoms with Crippen molar-refractivity contribution in [1.82, 2.24) is 5.32 Å². The van der Waals surface area contributed by atoms with Gasteiger partial charge in [0.1, 0.15) is 0 Å². The fourth-order valence-corrected chi connectivity index (χ4v) is 2.57. The molecule has 1 atom stereocenters. The van der Waals surface area contributed by atoms with Gasteiger partial charge in [0.15, 0.2) is 0 Å². The molecule has 4 heteroatoms. The molecule has 0 spiro atoms. The molecule has 2 N–H and O–H groups in total. The van der Waals surface area contributed by atoms with E-state index in [4.69, 9.17) is 0 Å². The lowest BCUT2D eigenvalue weighted by Crippen LogP contribution is -2.37. The van der Waals surface area contributed by atoms with Crippen molar-refractivity contribution in [3.05, 3.63) is 47.5 Å². The lowest BCUT2D eigenvalue weighted by Gasteiger charge is -2.16. The summed E-state index contributed by atoms with van der Waals surface area (Å²) in [7, 11) is 0. The Morgan fingerprint density at radius 1 is 1.33 bits per heavy atom. The normalized spacial score (nSPS) is 15.9. The largest absolute Gasteiger partial charge is 0.481 e. The topological polar surface area (TPSA) is 66.4 Å². The van der Waals surface area contributed by atoms with Crippen LogP contribution in [-0.4, -0.2) is 23.5 Å². The third kappa shape index (κ3) is 4.45. The van der Waals surface area contributed by atoms with Crippen molar-refractivity contribution in [2.45, 2.75) is 26.2 Å². The maximum Gasteiger partial charge on any atom is 0.308 e. The van der Waals surface area contributed by atoms with Crippen LogP contribution in [0, 0.1) is 18.8 Å². The number of amides is 1. The Labute approximate surface area is 124 Å². The van der Waals surface area contributed by atoms with Gasteiger partial charge in [0.05, 0.1) is 5.92 Å². The Kier molecular flexibility index (Phi) is 5.14. The summed E-state index contributed by atoms with van der Waals surface area (Å²) >= 11 is 0. The van der Waals surface area contributed by atoms with E-state index in [0.717, 1.165) is 24.0 Å². The second kappa shape index (κ2) is 7.07. The van der Waals surface area contributed by atoms with Crippen LogP contribution >= 0.6 is 0 Å². The molecule has 4 nitrogen and oxygen atoms in total. The molecule has 0 bridgehead atoms. The van der Waals surface area contributed by atoms with E-state index in [1.807, 2.05) is 43.3 Å². The lowest BCUT2D eigenvalue weighted by molar-refractivity contribution is -0.141. The van der Waals surface area contributed by atoms with E-state index in [9.17, 15) is 14.7 Å². The monoisotopic (exact) mass is 287 g/mol. The summed E-state index contributed by atoms with van der Waals surface area (Å²) in [6, 6.07) is 7.81. The van der Waals surface area contributed by atoms with Gasteiger partial charge < -0.3 is 10.4 Å². The number of nitrogens with one attached hydrogen (secondary N) is 1. The molecule has 1 aromatic rings. The highest BCUT2D eigenvalue weighted by molar-refractivity contribution is 5.80. The third-order valence-electron chi connectivity index (χ3n) is 3.82. The smallest absolute Gasteiger partial charge is 0.308 e. The van der Waals surface area contributed by atoms with E-state index in [2.05, 4.69) is 5.32 Å². The maximum absolute atomic E-state index is 11.9. The predicted octanol–water partition coefficient (Wildman–Crippen LogP) is 2.32. The van der Waals surface area contributed by atoms with Gasteiger partial charge in [-0.1, -0.05) is 42.0 Å². The standard InChI is InChI=1S/C17H21NO3/c1-12-5-4-6-13(9-12)10-15(17(20)21)11-18-16(19)14-7-2-3-8-14/h2-6,9,14-15H,7-8,10-11H2,1H3,(H,18,19)(H,20,21)/t15-/m0/s1. The van der Waals surface area contributed by atoms with Crippen molar-refractivity contribution in [2.75, 3.05) is 6.54 Å². The van der Waals surface area contributed by atoms with Gasteiger partial charge in [-0.05, 0) is 31.7 Å². The molecular formula is C17H21NO3. The Balaban J connectivity index is 1.90. The molecule has 0 fully saturated rings. The summed E-state index contributed by atoms with van der Waals surface area (Å²) in [6.07, 6.45) is 5.92. The number of carboxylic acid groups (broad SMARTS) is 1. The van der Waals surface area contributed by atoms with Crippen molar-refractivity contribution in [3.63, 3.8) is 0 Å². The molecule has 0 aliphatic heterocycles. The van der Waals surface area contributed by atoms with Crippen LogP contribution in [0.15, 0.2) is 36.4 Å². The Morgan fingerprint density at radius 3 is 2.67 bits per heavy atom. The Morgan fingerprint density at radius 2 is 2.05 bits per heavy atom. The number of aliphatic carboxylic acids is 1. The average Bonchev–Trinajstić information content (AvgIpc) is 2.97. The summed E-state index contributed by atoms with van der Waals surface area (Å²) in [5.41, 5.74) is 2.09. The molecule has 0 saturated carbocycles. The van der Waals surface area contributed by atoms with Crippen LogP contribution in [0.1, 0.15) is 24.0 Å². The molecule has 0 aromatic heterocycles. The third-order valence-corrected chi connectivity index (χ3v) is 3.82. The highest BCUT2D eigenvalue weighted by Crippen LogP contribution is 2.18. The molecule has 112 valence electrons. The summed E-state index contributed by atoms with van der Waals surface area (Å²) in [6.45, 7) is 2.16. The van der Waals surface area contributed by atoms with Crippen molar-refractivity contribution in [1.29, 1.82) is 0 Å². The molecular weight excluding hydrogens is 266 g/mol. The second-order valence-electron chi connectivity index (χ2n) is 5.61. The Bertz CT molecular complexity index is 543. The predicted molar refractivity (Wildman–Crippen MR) is 80.9 cm³/mol. The van der Waals surface area contributed by atoms with Gasteiger partial charge in [0.25, 0.3) is 0 Å². The summed E-state index contributed by atoms with van der Waals surface area (Å²) in [4.78, 5) is 23.3. The fraction of sp³-hybridized carbons (Fsp3) is 0.412. The minimum Gasteiger partial charge on any atom is -0.481 e. The van der Waals surface area contributed by atoms with Crippen LogP contribution in [0.3, 0.4) is 0 Å². The number of allylic oxidation sites excluding steroid dienone is 2. The van der Waals surface area contributed by atoms with Gasteiger partial charge in [-0.25, -0.2) is 0 Å². The molecule has 0 saturated heterocycles. The van der Waals surface area contributed by atoms with E-state index < -0.39 is 11.9 Å². The highest BCUT2D eigenvalue weighted by atomic mass is 16.4. The minimum absolute atomic E-state index is 0.0292. The molecule has 1 aliphatic carbocycles. The van der Waals surface area contributed by atoms with Crippen molar-refractivity contribution in [3.8, 4) is 0 Å². The van der Waals surface area contributed by atoms with E-state index >= 15 is 0 Å². The molecule has 1 amide bonds. The quantitative estimate of drug-likeness (QED) is 0.789. The van der Waals surface area contributed by atoms with Gasteiger partial charge in [-0.3, -0.25) is 9.59 Å². The SMILES string of the molecule is Cc1cccc(C[C@@H](CNC(=O)C2CC=CC2)C(=O)O)c1. The zero-order chi connectivity index (χ0) is 15.2. The second-order valence-corrected chi connectivity index (χ2v) is 5.61. The van der Waals surface area contributed by atoms with Crippen molar-refractivity contribution >= 4 is 11.9 Å². The first kappa shape index (κ1) is 15.3. The van der Waals surface area contributed by atoms with Crippen LogP contribution < -0.4 is 5.32 Å². The van der Waals surface area contributed by atoms with Gasteiger partial charge in [0, 0.05) is 12.5 Å². The van der Waals surface area contributed by atoms with Gasteiger partial charge >= 0.3 is 5.97 Å². The minimum atomic E-state index is -0.874. The van der Waals surface area contributed by atoms with Crippen LogP contribution in [0.4, 0.5) is 0 Å². The first-order valence-corrected chi connectivity index (χ1v) is 7.27. The van der Waals surface area contributed by atoms with E-state index in [0.29, 0.717) is 6.42 Å². The van der Waals surface area contributed by atoms with E-state index in [1.165, 1.54) is 0 Å². The van der Waals surface area contributed by atoms with Gasteiger partial charge in [-0.2, -0.15) is 0 Å². The van der Waals surface area contributed by atoms with Crippen molar-refractivity contribution in [2.24, 2.45) is 11.8 Å². The number of aryl methyl sites for hydroxylation is 1. The number of carboxylic acids is 1. The van der Waals surface area contributed by atoms with E-state index in [1.54, 1.807) is 0 Å². The number of rotatable bonds is 6. The molecule has 1 aromatic carbocycles. The van der Waals surface area contributed by atoms with Crippen molar-refractivity contribution < 1.29 is 14.7 Å². The number of benzene rings is 1. The number of carbonyl (C=O) groups excluding carboxylic acids is 1. The van der Waals surface area contributed by atoms with Gasteiger partial charge in [0.2, 0.25) is 5.91 Å².